The lowest BCUT2D eigenvalue weighted by Gasteiger charge is -2.51. The van der Waals surface area contributed by atoms with Crippen molar-refractivity contribution in [1.82, 2.24) is 10.2 Å². The van der Waals surface area contributed by atoms with Gasteiger partial charge in [-0.2, -0.15) is 0 Å². The van der Waals surface area contributed by atoms with Crippen LogP contribution in [0.5, 0.6) is 0 Å². The van der Waals surface area contributed by atoms with Gasteiger partial charge in [0.25, 0.3) is 0 Å². The maximum Gasteiger partial charge on any atom is 0.209 e. The molecule has 2 saturated heterocycles. The molecule has 3 heterocycles. The zero-order valence-electron chi connectivity index (χ0n) is 6.81. The molecular formula is C7H8BrN3OS. The van der Waals surface area contributed by atoms with Gasteiger partial charge < -0.3 is 9.64 Å². The van der Waals surface area contributed by atoms with Gasteiger partial charge in [-0.1, -0.05) is 11.3 Å². The highest BCUT2D eigenvalue weighted by Crippen LogP contribution is 2.38. The Morgan fingerprint density at radius 3 is 2.69 bits per heavy atom. The number of halogens is 1. The van der Waals surface area contributed by atoms with Crippen LogP contribution in [0.2, 0.25) is 0 Å². The summed E-state index contributed by atoms with van der Waals surface area (Å²) in [6.07, 6.45) is 1.25. The molecule has 1 aromatic heterocycles. The summed E-state index contributed by atoms with van der Waals surface area (Å²) < 4.78 is 6.25. The van der Waals surface area contributed by atoms with Crippen molar-refractivity contribution in [1.29, 1.82) is 0 Å². The average molecular weight is 262 g/mol. The van der Waals surface area contributed by atoms with E-state index in [1.165, 1.54) is 6.42 Å². The number of morpholine rings is 1. The Bertz CT molecular complexity index is 317. The molecule has 2 unspecified atom stereocenters. The smallest absolute Gasteiger partial charge is 0.209 e. The molecule has 0 N–H and O–H groups in total. The molecule has 2 bridgehead atoms. The Kier molecular flexibility index (Phi) is 1.81. The lowest BCUT2D eigenvalue weighted by Crippen LogP contribution is -2.64. The Hall–Kier alpha value is -0.200. The number of fused-ring (bicyclic) bond motifs is 2. The third-order valence-electron chi connectivity index (χ3n) is 2.56. The van der Waals surface area contributed by atoms with E-state index in [0.29, 0.717) is 12.1 Å². The van der Waals surface area contributed by atoms with Gasteiger partial charge in [0.1, 0.15) is 0 Å². The Morgan fingerprint density at radius 1 is 1.38 bits per heavy atom. The molecule has 0 radical (unpaired) electrons. The summed E-state index contributed by atoms with van der Waals surface area (Å²) in [7, 11) is 0. The first-order valence-corrected chi connectivity index (χ1v) is 5.80. The SMILES string of the molecule is Brc1nnc(N2C3COCC2C3)s1. The molecule has 4 nitrogen and oxygen atoms in total. The minimum Gasteiger partial charge on any atom is -0.377 e. The minimum absolute atomic E-state index is 0.540. The molecule has 2 fully saturated rings. The zero-order valence-corrected chi connectivity index (χ0v) is 9.21. The van der Waals surface area contributed by atoms with Gasteiger partial charge in [-0.3, -0.25) is 0 Å². The fraction of sp³-hybridized carbons (Fsp3) is 0.714. The van der Waals surface area contributed by atoms with Crippen LogP contribution in [0.1, 0.15) is 6.42 Å². The highest BCUT2D eigenvalue weighted by molar-refractivity contribution is 9.11. The molecule has 2 aliphatic heterocycles. The van der Waals surface area contributed by atoms with Crippen LogP contribution in [0.4, 0.5) is 5.13 Å². The Morgan fingerprint density at radius 2 is 2.15 bits per heavy atom. The lowest BCUT2D eigenvalue weighted by molar-refractivity contribution is 0.0102. The van der Waals surface area contributed by atoms with E-state index in [4.69, 9.17) is 4.74 Å². The van der Waals surface area contributed by atoms with Crippen LogP contribution >= 0.6 is 27.3 Å². The first-order chi connectivity index (χ1) is 6.34. The molecule has 0 aromatic carbocycles. The Labute approximate surface area is 88.0 Å². The van der Waals surface area contributed by atoms with Gasteiger partial charge in [0.2, 0.25) is 5.13 Å². The predicted molar refractivity (Wildman–Crippen MR) is 53.1 cm³/mol. The number of aromatic nitrogens is 2. The maximum atomic E-state index is 5.39. The number of nitrogens with zero attached hydrogens (tertiary/aromatic N) is 3. The van der Waals surface area contributed by atoms with Crippen LogP contribution in [0.15, 0.2) is 3.92 Å². The number of rotatable bonds is 1. The van der Waals surface area contributed by atoms with Crippen molar-refractivity contribution in [2.24, 2.45) is 0 Å². The van der Waals surface area contributed by atoms with Crippen molar-refractivity contribution in [3.8, 4) is 0 Å². The monoisotopic (exact) mass is 261 g/mol. The average Bonchev–Trinajstić information content (AvgIpc) is 2.53. The largest absolute Gasteiger partial charge is 0.377 e. The molecule has 13 heavy (non-hydrogen) atoms. The van der Waals surface area contributed by atoms with Crippen LogP contribution < -0.4 is 4.90 Å². The van der Waals surface area contributed by atoms with Crippen molar-refractivity contribution < 1.29 is 4.74 Å². The molecule has 2 aliphatic rings. The number of hydrogen-bond acceptors (Lipinski definition) is 5. The van der Waals surface area contributed by atoms with E-state index in [0.717, 1.165) is 22.3 Å². The number of hydrogen-bond donors (Lipinski definition) is 0. The predicted octanol–water partition coefficient (Wildman–Crippen LogP) is 1.28. The standard InChI is InChI=1S/C7H8BrN3OS/c8-6-9-10-7(13-6)11-4-1-5(11)3-12-2-4/h4-5H,1-3H2. The highest BCUT2D eigenvalue weighted by Gasteiger charge is 2.43. The quantitative estimate of drug-likeness (QED) is 0.764. The van der Waals surface area contributed by atoms with Crippen LogP contribution in [0, 0.1) is 0 Å². The molecule has 1 aromatic rings. The maximum absolute atomic E-state index is 5.39. The fourth-order valence-corrected chi connectivity index (χ4v) is 3.18. The summed E-state index contributed by atoms with van der Waals surface area (Å²) in [5.74, 6) is 0. The zero-order chi connectivity index (χ0) is 8.84. The minimum atomic E-state index is 0.540. The van der Waals surface area contributed by atoms with Gasteiger partial charge in [-0.05, 0) is 22.4 Å². The van der Waals surface area contributed by atoms with Crippen LogP contribution in [-0.4, -0.2) is 35.5 Å². The topological polar surface area (TPSA) is 38.2 Å². The molecule has 0 amide bonds. The van der Waals surface area contributed by atoms with Gasteiger partial charge in [0, 0.05) is 0 Å². The number of anilines is 1. The molecule has 0 saturated carbocycles. The summed E-state index contributed by atoms with van der Waals surface area (Å²) in [5.41, 5.74) is 0. The molecule has 6 heteroatoms. The molecule has 0 spiro atoms. The van der Waals surface area contributed by atoms with Crippen LogP contribution in [0.25, 0.3) is 0 Å². The highest BCUT2D eigenvalue weighted by atomic mass is 79.9. The van der Waals surface area contributed by atoms with E-state index in [9.17, 15) is 0 Å². The number of ether oxygens (including phenoxy) is 1. The van der Waals surface area contributed by atoms with Crippen molar-refractivity contribution in [3.63, 3.8) is 0 Å². The van der Waals surface area contributed by atoms with Gasteiger partial charge in [-0.15, -0.1) is 10.2 Å². The van der Waals surface area contributed by atoms with E-state index in [2.05, 4.69) is 31.0 Å². The van der Waals surface area contributed by atoms with E-state index < -0.39 is 0 Å². The molecule has 0 aliphatic carbocycles. The second-order valence-electron chi connectivity index (χ2n) is 3.33. The van der Waals surface area contributed by atoms with Crippen LogP contribution in [0.3, 0.4) is 0 Å². The molecule has 70 valence electrons. The van der Waals surface area contributed by atoms with Crippen molar-refractivity contribution in [2.75, 3.05) is 18.1 Å². The third kappa shape index (κ3) is 1.19. The second-order valence-corrected chi connectivity index (χ2v) is 5.56. The van der Waals surface area contributed by atoms with Gasteiger partial charge in [0.15, 0.2) is 3.92 Å². The fourth-order valence-electron chi connectivity index (χ4n) is 1.95. The normalized spacial score (nSPS) is 31.6. The van der Waals surface area contributed by atoms with Crippen molar-refractivity contribution in [2.45, 2.75) is 18.5 Å². The van der Waals surface area contributed by atoms with Gasteiger partial charge in [-0.25, -0.2) is 0 Å². The third-order valence-corrected chi connectivity index (χ3v) is 3.93. The van der Waals surface area contributed by atoms with Crippen LogP contribution in [-0.2, 0) is 4.74 Å². The summed E-state index contributed by atoms with van der Waals surface area (Å²) in [6.45, 7) is 1.68. The Balaban J connectivity index is 1.86. The van der Waals surface area contributed by atoms with E-state index >= 15 is 0 Å². The summed E-state index contributed by atoms with van der Waals surface area (Å²) >= 11 is 4.91. The van der Waals surface area contributed by atoms with Gasteiger partial charge in [0.05, 0.1) is 25.3 Å². The molecule has 3 rings (SSSR count). The summed E-state index contributed by atoms with van der Waals surface area (Å²) in [5, 5.41) is 9.09. The first kappa shape index (κ1) is 8.14. The first-order valence-electron chi connectivity index (χ1n) is 4.19. The summed E-state index contributed by atoms with van der Waals surface area (Å²) in [6, 6.07) is 1.08. The van der Waals surface area contributed by atoms with E-state index in [1.807, 2.05) is 0 Å². The lowest BCUT2D eigenvalue weighted by atomic mass is 9.92. The molecular weight excluding hydrogens is 254 g/mol. The van der Waals surface area contributed by atoms with E-state index in [1.54, 1.807) is 11.3 Å². The molecule has 2 atom stereocenters. The van der Waals surface area contributed by atoms with Gasteiger partial charge >= 0.3 is 0 Å². The van der Waals surface area contributed by atoms with Crippen molar-refractivity contribution in [3.05, 3.63) is 3.92 Å². The summed E-state index contributed by atoms with van der Waals surface area (Å²) in [4.78, 5) is 2.33. The second kappa shape index (κ2) is 2.90. The van der Waals surface area contributed by atoms with E-state index in [-0.39, 0.29) is 0 Å². The van der Waals surface area contributed by atoms with Crippen molar-refractivity contribution >= 4 is 32.4 Å².